The molecule has 0 atom stereocenters. The first-order valence-electron chi connectivity index (χ1n) is 9.88. The number of halogens is 2. The Hall–Kier alpha value is -2.06. The number of carbonyl (C=O) groups is 1. The lowest BCUT2D eigenvalue weighted by Gasteiger charge is -2.35. The molecule has 0 radical (unpaired) electrons. The Morgan fingerprint density at radius 3 is 2.32 bits per heavy atom. The largest absolute Gasteiger partial charge is 0.339 e. The average molecular weight is 482 g/mol. The lowest BCUT2D eigenvalue weighted by Crippen LogP contribution is -2.51. The lowest BCUT2D eigenvalue weighted by molar-refractivity contribution is -0.131. The number of anilines is 1. The van der Waals surface area contributed by atoms with Gasteiger partial charge in [-0.2, -0.15) is 0 Å². The van der Waals surface area contributed by atoms with Crippen LogP contribution in [0.3, 0.4) is 0 Å². The van der Waals surface area contributed by atoms with E-state index < -0.39 is 10.0 Å². The van der Waals surface area contributed by atoms with Crippen LogP contribution in [0.25, 0.3) is 6.08 Å². The van der Waals surface area contributed by atoms with Crippen LogP contribution in [0.2, 0.25) is 10.0 Å². The molecule has 31 heavy (non-hydrogen) atoms. The van der Waals surface area contributed by atoms with Crippen molar-refractivity contribution in [3.63, 3.8) is 0 Å². The third-order valence-corrected chi connectivity index (χ3v) is 6.95. The standard InChI is InChI=1S/C22H25Cl2N3O3S/c1-31(29,30)27(19-9-10-20(23)21(24)16-19)17-22(28)26-14-12-25(13-15-26)11-5-8-18-6-3-2-4-7-18/h2-10,16H,11-15,17H2,1H3/b8-5+. The van der Waals surface area contributed by atoms with E-state index in [9.17, 15) is 13.2 Å². The van der Waals surface area contributed by atoms with E-state index in [1.54, 1.807) is 11.0 Å². The molecule has 0 aliphatic carbocycles. The number of nitrogens with zero attached hydrogens (tertiary/aromatic N) is 3. The summed E-state index contributed by atoms with van der Waals surface area (Å²) in [5, 5.41) is 0.556. The highest BCUT2D eigenvalue weighted by Crippen LogP contribution is 2.28. The zero-order chi connectivity index (χ0) is 22.4. The summed E-state index contributed by atoms with van der Waals surface area (Å²) in [5.74, 6) is -0.240. The van der Waals surface area contributed by atoms with E-state index in [4.69, 9.17) is 23.2 Å². The quantitative estimate of drug-likeness (QED) is 0.605. The van der Waals surface area contributed by atoms with Gasteiger partial charge in [0, 0.05) is 32.7 Å². The van der Waals surface area contributed by atoms with Gasteiger partial charge in [0.15, 0.2) is 0 Å². The molecular weight excluding hydrogens is 457 g/mol. The van der Waals surface area contributed by atoms with Crippen molar-refractivity contribution in [2.45, 2.75) is 0 Å². The molecule has 0 spiro atoms. The number of hydrogen-bond acceptors (Lipinski definition) is 4. The van der Waals surface area contributed by atoms with E-state index in [0.29, 0.717) is 23.8 Å². The molecule has 1 aliphatic heterocycles. The zero-order valence-electron chi connectivity index (χ0n) is 17.2. The molecule has 0 saturated carbocycles. The van der Waals surface area contributed by atoms with Crippen LogP contribution in [0.5, 0.6) is 0 Å². The number of hydrogen-bond donors (Lipinski definition) is 0. The van der Waals surface area contributed by atoms with Gasteiger partial charge in [0.25, 0.3) is 0 Å². The normalized spacial score (nSPS) is 15.4. The van der Waals surface area contributed by atoms with Crippen LogP contribution in [0.4, 0.5) is 5.69 Å². The number of sulfonamides is 1. The van der Waals surface area contributed by atoms with Crippen molar-refractivity contribution in [1.29, 1.82) is 0 Å². The molecule has 0 unspecified atom stereocenters. The van der Waals surface area contributed by atoms with Crippen LogP contribution in [0.15, 0.2) is 54.6 Å². The Balaban J connectivity index is 1.56. The van der Waals surface area contributed by atoms with Gasteiger partial charge in [-0.05, 0) is 23.8 Å². The molecule has 2 aromatic carbocycles. The summed E-state index contributed by atoms with van der Waals surface area (Å²) in [6, 6.07) is 14.6. The molecule has 166 valence electrons. The van der Waals surface area contributed by atoms with E-state index in [2.05, 4.69) is 29.2 Å². The fraction of sp³-hybridized carbons (Fsp3) is 0.318. The van der Waals surface area contributed by atoms with E-state index >= 15 is 0 Å². The molecule has 6 nitrogen and oxygen atoms in total. The molecule has 0 N–H and O–H groups in total. The number of rotatable bonds is 7. The first-order chi connectivity index (χ1) is 14.7. The maximum absolute atomic E-state index is 12.8. The monoisotopic (exact) mass is 481 g/mol. The Labute approximate surface area is 193 Å². The van der Waals surface area contributed by atoms with E-state index in [1.807, 2.05) is 18.2 Å². The molecule has 2 aromatic rings. The van der Waals surface area contributed by atoms with Gasteiger partial charge in [-0.25, -0.2) is 8.42 Å². The average Bonchev–Trinajstić information content (AvgIpc) is 2.74. The molecule has 1 aliphatic rings. The summed E-state index contributed by atoms with van der Waals surface area (Å²) in [6.45, 7) is 3.10. The molecule has 1 heterocycles. The van der Waals surface area contributed by atoms with E-state index in [0.717, 1.165) is 35.8 Å². The van der Waals surface area contributed by atoms with Crippen LogP contribution in [-0.2, 0) is 14.8 Å². The highest BCUT2D eigenvalue weighted by Gasteiger charge is 2.26. The predicted octanol–water partition coefficient (Wildman–Crippen LogP) is 3.62. The highest BCUT2D eigenvalue weighted by molar-refractivity contribution is 7.92. The molecule has 0 bridgehead atoms. The fourth-order valence-electron chi connectivity index (χ4n) is 3.34. The Morgan fingerprint density at radius 2 is 1.71 bits per heavy atom. The minimum Gasteiger partial charge on any atom is -0.339 e. The highest BCUT2D eigenvalue weighted by atomic mass is 35.5. The van der Waals surface area contributed by atoms with E-state index in [1.165, 1.54) is 12.1 Å². The SMILES string of the molecule is CS(=O)(=O)N(CC(=O)N1CCN(C/C=C/c2ccccc2)CC1)c1ccc(Cl)c(Cl)c1. The molecular formula is C22H25Cl2N3O3S. The minimum absolute atomic E-state index is 0.234. The maximum Gasteiger partial charge on any atom is 0.243 e. The summed E-state index contributed by atoms with van der Waals surface area (Å²) in [5.41, 5.74) is 1.47. The van der Waals surface area contributed by atoms with Crippen molar-refractivity contribution >= 4 is 50.9 Å². The van der Waals surface area contributed by atoms with Crippen LogP contribution in [0.1, 0.15) is 5.56 Å². The minimum atomic E-state index is -3.67. The van der Waals surface area contributed by atoms with Crippen molar-refractivity contribution in [3.8, 4) is 0 Å². The van der Waals surface area contributed by atoms with Gasteiger partial charge < -0.3 is 4.90 Å². The lowest BCUT2D eigenvalue weighted by atomic mass is 10.2. The summed E-state index contributed by atoms with van der Waals surface area (Å²) in [7, 11) is -3.67. The number of piperazine rings is 1. The van der Waals surface area contributed by atoms with Gasteiger partial charge in [-0.15, -0.1) is 0 Å². The topological polar surface area (TPSA) is 60.9 Å². The fourth-order valence-corrected chi connectivity index (χ4v) is 4.48. The van der Waals surface area contributed by atoms with Gasteiger partial charge in [-0.1, -0.05) is 65.7 Å². The maximum atomic E-state index is 12.8. The van der Waals surface area contributed by atoms with Gasteiger partial charge in [0.1, 0.15) is 6.54 Å². The first kappa shape index (κ1) is 23.6. The molecule has 0 aromatic heterocycles. The first-order valence-corrected chi connectivity index (χ1v) is 12.5. The van der Waals surface area contributed by atoms with Crippen LogP contribution in [0, 0.1) is 0 Å². The Bertz CT molecular complexity index is 1040. The Kier molecular flexibility index (Phi) is 8.00. The predicted molar refractivity (Wildman–Crippen MR) is 127 cm³/mol. The van der Waals surface area contributed by atoms with Crippen molar-refractivity contribution in [3.05, 3.63) is 70.2 Å². The van der Waals surface area contributed by atoms with Crippen molar-refractivity contribution in [2.24, 2.45) is 0 Å². The van der Waals surface area contributed by atoms with Crippen LogP contribution < -0.4 is 4.31 Å². The second kappa shape index (κ2) is 10.5. The molecule has 1 amide bonds. The van der Waals surface area contributed by atoms with Gasteiger partial charge in [0.2, 0.25) is 15.9 Å². The van der Waals surface area contributed by atoms with Gasteiger partial charge in [0.05, 0.1) is 22.0 Å². The van der Waals surface area contributed by atoms with Gasteiger partial charge in [-0.3, -0.25) is 14.0 Å². The van der Waals surface area contributed by atoms with E-state index in [-0.39, 0.29) is 17.5 Å². The zero-order valence-corrected chi connectivity index (χ0v) is 19.6. The van der Waals surface area contributed by atoms with Crippen molar-refractivity contribution < 1.29 is 13.2 Å². The third-order valence-electron chi connectivity index (χ3n) is 5.07. The van der Waals surface area contributed by atoms with Crippen LogP contribution in [-0.4, -0.2) is 69.6 Å². The molecule has 3 rings (SSSR count). The molecule has 1 fully saturated rings. The number of amides is 1. The Morgan fingerprint density at radius 1 is 1.03 bits per heavy atom. The molecule has 9 heteroatoms. The second-order valence-corrected chi connectivity index (χ2v) is 10.1. The van der Waals surface area contributed by atoms with Gasteiger partial charge >= 0.3 is 0 Å². The molecule has 1 saturated heterocycles. The number of carbonyl (C=O) groups excluding carboxylic acids is 1. The summed E-state index contributed by atoms with van der Waals surface area (Å²) in [6.07, 6.45) is 5.26. The van der Waals surface area contributed by atoms with Crippen molar-refractivity contribution in [2.75, 3.05) is 49.8 Å². The third kappa shape index (κ3) is 6.71. The second-order valence-electron chi connectivity index (χ2n) is 7.36. The number of benzene rings is 2. The summed E-state index contributed by atoms with van der Waals surface area (Å²) < 4.78 is 25.7. The smallest absolute Gasteiger partial charge is 0.243 e. The summed E-state index contributed by atoms with van der Waals surface area (Å²) in [4.78, 5) is 16.8. The summed E-state index contributed by atoms with van der Waals surface area (Å²) >= 11 is 12.0. The van der Waals surface area contributed by atoms with Crippen molar-refractivity contribution in [1.82, 2.24) is 9.80 Å². The van der Waals surface area contributed by atoms with Crippen LogP contribution >= 0.6 is 23.2 Å².